The number of ether oxygens (including phenoxy) is 1. The van der Waals surface area contributed by atoms with Gasteiger partial charge in [-0.3, -0.25) is 0 Å². The molecule has 96 valence electrons. The van der Waals surface area contributed by atoms with Gasteiger partial charge in [-0.2, -0.15) is 4.37 Å². The van der Waals surface area contributed by atoms with Crippen LogP contribution >= 0.6 is 11.5 Å². The molecule has 1 fully saturated rings. The van der Waals surface area contributed by atoms with E-state index >= 15 is 0 Å². The molecule has 2 atom stereocenters. The predicted octanol–water partition coefficient (Wildman–Crippen LogP) is 2.72. The Morgan fingerprint density at radius 1 is 1.47 bits per heavy atom. The highest BCUT2D eigenvalue weighted by molar-refractivity contribution is 7.09. The molecule has 1 N–H and O–H groups in total. The summed E-state index contributed by atoms with van der Waals surface area (Å²) in [6.07, 6.45) is 4.76. The largest absolute Gasteiger partial charge is 0.378 e. The van der Waals surface area contributed by atoms with Gasteiger partial charge in [-0.05, 0) is 19.3 Å². The van der Waals surface area contributed by atoms with E-state index in [4.69, 9.17) is 4.74 Å². The Kier molecular flexibility index (Phi) is 4.74. The second kappa shape index (κ2) is 6.31. The van der Waals surface area contributed by atoms with Crippen molar-refractivity contribution < 1.29 is 4.74 Å². The van der Waals surface area contributed by atoms with Crippen molar-refractivity contribution in [2.75, 3.05) is 18.5 Å². The molecule has 1 saturated heterocycles. The van der Waals surface area contributed by atoms with Crippen LogP contribution in [0.1, 0.15) is 38.9 Å². The van der Waals surface area contributed by atoms with Crippen LogP contribution < -0.4 is 5.32 Å². The van der Waals surface area contributed by atoms with E-state index in [9.17, 15) is 0 Å². The third-order valence-electron chi connectivity index (χ3n) is 3.21. The van der Waals surface area contributed by atoms with Crippen LogP contribution in [0.3, 0.4) is 0 Å². The lowest BCUT2D eigenvalue weighted by Crippen LogP contribution is -2.22. The van der Waals surface area contributed by atoms with Crippen molar-refractivity contribution in [3.63, 3.8) is 0 Å². The summed E-state index contributed by atoms with van der Waals surface area (Å²) in [4.78, 5) is 4.47. The molecule has 17 heavy (non-hydrogen) atoms. The van der Waals surface area contributed by atoms with Gasteiger partial charge >= 0.3 is 0 Å². The Morgan fingerprint density at radius 2 is 2.35 bits per heavy atom. The van der Waals surface area contributed by atoms with Gasteiger partial charge in [0, 0.05) is 37.0 Å². The second-order valence-corrected chi connectivity index (χ2v) is 5.26. The normalized spacial score (nSPS) is 24.1. The van der Waals surface area contributed by atoms with Crippen LogP contribution in [0.25, 0.3) is 0 Å². The van der Waals surface area contributed by atoms with Gasteiger partial charge in [0.2, 0.25) is 5.13 Å². The van der Waals surface area contributed by atoms with Crippen LogP contribution in [0, 0.1) is 5.92 Å². The summed E-state index contributed by atoms with van der Waals surface area (Å²) in [5.41, 5.74) is 0. The van der Waals surface area contributed by atoms with Gasteiger partial charge in [0.25, 0.3) is 0 Å². The van der Waals surface area contributed by atoms with E-state index in [1.165, 1.54) is 11.5 Å². The molecule has 0 saturated carbocycles. The van der Waals surface area contributed by atoms with Gasteiger partial charge in [-0.25, -0.2) is 4.98 Å². The number of hydrogen-bond acceptors (Lipinski definition) is 5. The summed E-state index contributed by atoms with van der Waals surface area (Å²) < 4.78 is 10.0. The zero-order valence-electron chi connectivity index (χ0n) is 10.6. The third kappa shape index (κ3) is 3.39. The molecular weight excluding hydrogens is 234 g/mol. The molecule has 0 aromatic carbocycles. The molecule has 0 amide bonds. The van der Waals surface area contributed by atoms with Crippen molar-refractivity contribution in [1.82, 2.24) is 9.36 Å². The van der Waals surface area contributed by atoms with Crippen molar-refractivity contribution in [1.29, 1.82) is 0 Å². The smallest absolute Gasteiger partial charge is 0.202 e. The minimum Gasteiger partial charge on any atom is -0.378 e. The molecule has 1 aliphatic rings. The number of anilines is 1. The van der Waals surface area contributed by atoms with E-state index in [1.807, 2.05) is 0 Å². The number of hydrogen-bond donors (Lipinski definition) is 1. The van der Waals surface area contributed by atoms with E-state index in [1.54, 1.807) is 0 Å². The van der Waals surface area contributed by atoms with Crippen LogP contribution in [-0.2, 0) is 11.2 Å². The molecule has 1 aromatic rings. The van der Waals surface area contributed by atoms with E-state index in [2.05, 4.69) is 28.5 Å². The fraction of sp³-hybridized carbons (Fsp3) is 0.833. The lowest BCUT2D eigenvalue weighted by molar-refractivity contribution is 0.0900. The van der Waals surface area contributed by atoms with E-state index in [-0.39, 0.29) is 0 Å². The molecule has 2 rings (SSSR count). The summed E-state index contributed by atoms with van der Waals surface area (Å²) in [7, 11) is 0. The van der Waals surface area contributed by atoms with Crippen molar-refractivity contribution in [2.24, 2.45) is 5.92 Å². The predicted molar refractivity (Wildman–Crippen MR) is 70.5 cm³/mol. The van der Waals surface area contributed by atoms with Gasteiger partial charge < -0.3 is 10.1 Å². The average Bonchev–Trinajstić information content (AvgIpc) is 2.95. The number of nitrogens with one attached hydrogen (secondary N) is 1. The first-order chi connectivity index (χ1) is 8.33. The monoisotopic (exact) mass is 255 g/mol. The molecule has 0 spiro atoms. The van der Waals surface area contributed by atoms with Crippen LogP contribution in [-0.4, -0.2) is 28.6 Å². The topological polar surface area (TPSA) is 47.0 Å². The quantitative estimate of drug-likeness (QED) is 0.849. The molecule has 0 bridgehead atoms. The Labute approximate surface area is 107 Å². The number of rotatable bonds is 6. The minimum atomic E-state index is 0.422. The molecule has 0 aliphatic carbocycles. The van der Waals surface area contributed by atoms with E-state index in [0.29, 0.717) is 12.0 Å². The fourth-order valence-electron chi connectivity index (χ4n) is 2.25. The zero-order valence-corrected chi connectivity index (χ0v) is 11.4. The van der Waals surface area contributed by atoms with Crippen LogP contribution in [0.15, 0.2) is 0 Å². The van der Waals surface area contributed by atoms with Gasteiger partial charge in [0.15, 0.2) is 0 Å². The second-order valence-electron chi connectivity index (χ2n) is 4.51. The van der Waals surface area contributed by atoms with Crippen molar-refractivity contribution in [3.05, 3.63) is 5.82 Å². The van der Waals surface area contributed by atoms with Crippen molar-refractivity contribution in [2.45, 2.75) is 45.6 Å². The van der Waals surface area contributed by atoms with Crippen molar-refractivity contribution >= 4 is 16.7 Å². The lowest BCUT2D eigenvalue weighted by atomic mass is 10.00. The minimum absolute atomic E-state index is 0.422. The summed E-state index contributed by atoms with van der Waals surface area (Å²) in [5.74, 6) is 1.59. The summed E-state index contributed by atoms with van der Waals surface area (Å²) in [5, 5.41) is 4.35. The number of aromatic nitrogens is 2. The first-order valence-electron chi connectivity index (χ1n) is 6.51. The maximum atomic E-state index is 5.67. The molecule has 1 aliphatic heterocycles. The maximum absolute atomic E-state index is 5.67. The van der Waals surface area contributed by atoms with Crippen molar-refractivity contribution in [3.8, 4) is 0 Å². The van der Waals surface area contributed by atoms with Crippen LogP contribution in [0.2, 0.25) is 0 Å². The first-order valence-corrected chi connectivity index (χ1v) is 7.28. The molecule has 4 nitrogen and oxygen atoms in total. The van der Waals surface area contributed by atoms with E-state index in [0.717, 1.165) is 49.8 Å². The van der Waals surface area contributed by atoms with Crippen LogP contribution in [0.4, 0.5) is 5.13 Å². The SMILES string of the molecule is CCCc1nsc(NCC2CCOC2CC)n1. The summed E-state index contributed by atoms with van der Waals surface area (Å²) >= 11 is 1.47. The van der Waals surface area contributed by atoms with Gasteiger partial charge in [0.1, 0.15) is 5.82 Å². The van der Waals surface area contributed by atoms with Gasteiger partial charge in [0.05, 0.1) is 6.10 Å². The van der Waals surface area contributed by atoms with Gasteiger partial charge in [-0.15, -0.1) is 0 Å². The Balaban J connectivity index is 1.80. The average molecular weight is 255 g/mol. The Morgan fingerprint density at radius 3 is 3.12 bits per heavy atom. The standard InChI is InChI=1S/C12H21N3OS/c1-3-5-11-14-12(17-15-11)13-8-9-6-7-16-10(9)4-2/h9-10H,3-8H2,1-2H3,(H,13,14,15). The lowest BCUT2D eigenvalue weighted by Gasteiger charge is -2.16. The highest BCUT2D eigenvalue weighted by Crippen LogP contribution is 2.24. The molecule has 0 radical (unpaired) electrons. The third-order valence-corrected chi connectivity index (χ3v) is 3.92. The fourth-order valence-corrected chi connectivity index (χ4v) is 2.86. The highest BCUT2D eigenvalue weighted by Gasteiger charge is 2.26. The first kappa shape index (κ1) is 12.8. The Bertz CT molecular complexity index is 342. The number of aryl methyl sites for hydroxylation is 1. The molecule has 1 aromatic heterocycles. The molecule has 2 heterocycles. The highest BCUT2D eigenvalue weighted by atomic mass is 32.1. The molecular formula is C12H21N3OS. The maximum Gasteiger partial charge on any atom is 0.202 e. The van der Waals surface area contributed by atoms with E-state index < -0.39 is 0 Å². The summed E-state index contributed by atoms with van der Waals surface area (Å²) in [6.45, 7) is 6.20. The van der Waals surface area contributed by atoms with Crippen LogP contribution in [0.5, 0.6) is 0 Å². The number of nitrogens with zero attached hydrogens (tertiary/aromatic N) is 2. The Hall–Kier alpha value is -0.680. The molecule has 2 unspecified atom stereocenters. The zero-order chi connectivity index (χ0) is 12.1. The molecule has 5 heteroatoms. The van der Waals surface area contributed by atoms with Gasteiger partial charge in [-0.1, -0.05) is 13.8 Å². The summed E-state index contributed by atoms with van der Waals surface area (Å²) in [6, 6.07) is 0.